The van der Waals surface area contributed by atoms with Gasteiger partial charge in [0.25, 0.3) is 0 Å². The van der Waals surface area contributed by atoms with Crippen molar-refractivity contribution in [2.75, 3.05) is 0 Å². The van der Waals surface area contributed by atoms with Gasteiger partial charge in [0.15, 0.2) is 5.82 Å². The third-order valence-corrected chi connectivity index (χ3v) is 27.1. The molecule has 0 saturated heterocycles. The van der Waals surface area contributed by atoms with Gasteiger partial charge in [0, 0.05) is 131 Å². The van der Waals surface area contributed by atoms with Crippen LogP contribution in [0.2, 0.25) is 0 Å². The van der Waals surface area contributed by atoms with Crippen molar-refractivity contribution in [1.29, 1.82) is 0 Å². The van der Waals surface area contributed by atoms with Crippen LogP contribution >= 0.6 is 0 Å². The highest BCUT2D eigenvalue weighted by Gasteiger charge is 2.31. The van der Waals surface area contributed by atoms with Gasteiger partial charge in [0.05, 0.1) is 111 Å². The van der Waals surface area contributed by atoms with Crippen molar-refractivity contribution in [1.82, 2.24) is 47.0 Å². The Morgan fingerprint density at radius 2 is 0.524 bits per heavy atom. The largest absolute Gasteiger partial charge is 0.309 e. The van der Waals surface area contributed by atoms with Gasteiger partial charge in [-0.25, -0.2) is 19.9 Å². The fourth-order valence-electron chi connectivity index (χ4n) is 21.9. The van der Waals surface area contributed by atoms with E-state index < -0.39 is 0 Å². The van der Waals surface area contributed by atoms with Gasteiger partial charge in [-0.1, -0.05) is 249 Å². The summed E-state index contributed by atoms with van der Waals surface area (Å²) < 4.78 is 14.8. The zero-order valence-corrected chi connectivity index (χ0v) is 66.4. The summed E-state index contributed by atoms with van der Waals surface area (Å²) in [6.07, 6.45) is 0. The lowest BCUT2D eigenvalue weighted by atomic mass is 9.99. The number of para-hydroxylation sites is 10. The van der Waals surface area contributed by atoms with Gasteiger partial charge in [-0.2, -0.15) is 0 Å². The molecule has 0 aliphatic rings. The van der Waals surface area contributed by atoms with Crippen molar-refractivity contribution in [3.05, 3.63) is 388 Å². The van der Waals surface area contributed by atoms with Crippen LogP contribution in [0.3, 0.4) is 0 Å². The molecule has 0 atom stereocenters. The number of nitrogens with zero attached hydrogens (tertiary/aromatic N) is 10. The third kappa shape index (κ3) is 8.85. The van der Waals surface area contributed by atoms with E-state index >= 15 is 0 Å². The van der Waals surface area contributed by atoms with Crippen molar-refractivity contribution in [2.45, 2.75) is 0 Å². The number of rotatable bonds is 8. The molecule has 0 unspecified atom stereocenters. The average molecular weight is 1570 g/mol. The van der Waals surface area contributed by atoms with Gasteiger partial charge in [0.1, 0.15) is 5.69 Å². The molecule has 10 heterocycles. The van der Waals surface area contributed by atoms with Crippen LogP contribution in [0.1, 0.15) is 0 Å². The van der Waals surface area contributed by atoms with Crippen LogP contribution in [-0.4, -0.2) is 47.0 Å². The predicted octanol–water partition coefficient (Wildman–Crippen LogP) is 29.2. The number of aromatic nitrogens is 10. The number of hydrogen-bond donors (Lipinski definition) is 0. The van der Waals surface area contributed by atoms with Gasteiger partial charge < -0.3 is 22.5 Å². The fraction of sp³-hybridized carbons (Fsp3) is 0. The predicted molar refractivity (Wildman–Crippen MR) is 516 cm³/mol. The van der Waals surface area contributed by atoms with E-state index in [1.165, 1.54) is 103 Å². The van der Waals surface area contributed by atoms with E-state index in [0.717, 1.165) is 172 Å². The van der Waals surface area contributed by atoms with Crippen LogP contribution < -0.4 is 0 Å². The Bertz CT molecular complexity index is 9780. The molecule has 0 aliphatic heterocycles. The van der Waals surface area contributed by atoms with E-state index in [9.17, 15) is 0 Å². The SMILES string of the molecule is c1ccc(-n2c3ccccc3c3cc(-c4nc5ccccc5nc4-n4c5c6ccccc6ccc5c5cc6c7cc(-c8cccc(-n9c%10ccccc%10c%10cc(-c%11nc%12ccccc%12nc%11-c%11ccc(-n%12c%13c%14ccccc%14ccc%13c%13cc%14c%15ccccc%15n%15c%16ccccc%16c(c%13%12)c%14%15)cc%11)ccc%109)c8)ccc7n7c8ccccc8c(c54)c67)ccc32)cc1. The first-order valence-electron chi connectivity index (χ1n) is 42.5. The van der Waals surface area contributed by atoms with Crippen LogP contribution in [0, 0.1) is 0 Å². The maximum absolute atomic E-state index is 5.84. The molecule has 10 heteroatoms. The number of fused-ring (bicyclic) bond motifs is 32. The van der Waals surface area contributed by atoms with Crippen LogP contribution in [0.25, 0.3) is 275 Å². The molecule has 0 radical (unpaired) electrons. The zero-order valence-electron chi connectivity index (χ0n) is 66.4. The molecule has 10 aromatic heterocycles. The molecule has 0 amide bonds. The molecule has 29 aromatic rings. The summed E-state index contributed by atoms with van der Waals surface area (Å²) in [4.78, 5) is 22.7. The Morgan fingerprint density at radius 3 is 1.11 bits per heavy atom. The van der Waals surface area contributed by atoms with E-state index in [1.54, 1.807) is 0 Å². The lowest BCUT2D eigenvalue weighted by Gasteiger charge is -2.15. The summed E-state index contributed by atoms with van der Waals surface area (Å²) in [6, 6.07) is 143. The second-order valence-corrected chi connectivity index (χ2v) is 33.5. The molecule has 124 heavy (non-hydrogen) atoms. The minimum absolute atomic E-state index is 0.777. The van der Waals surface area contributed by atoms with E-state index in [1.807, 2.05) is 0 Å². The number of benzene rings is 19. The van der Waals surface area contributed by atoms with Crippen molar-refractivity contribution in [3.8, 4) is 67.8 Å². The van der Waals surface area contributed by atoms with Crippen molar-refractivity contribution in [3.63, 3.8) is 0 Å². The van der Waals surface area contributed by atoms with Gasteiger partial charge >= 0.3 is 0 Å². The second kappa shape index (κ2) is 24.5. The summed E-state index contributed by atoms with van der Waals surface area (Å²) in [5, 5.41) is 23.9. The van der Waals surface area contributed by atoms with Crippen LogP contribution in [0.15, 0.2) is 388 Å². The molecule has 0 aliphatic carbocycles. The maximum atomic E-state index is 5.84. The Kier molecular flexibility index (Phi) is 13.0. The number of hydrogen-bond acceptors (Lipinski definition) is 4. The lowest BCUT2D eigenvalue weighted by Crippen LogP contribution is -2.04. The molecule has 570 valence electrons. The monoisotopic (exact) mass is 1570 g/mol. The molecule has 0 spiro atoms. The highest BCUT2D eigenvalue weighted by Crippen LogP contribution is 2.53. The van der Waals surface area contributed by atoms with Crippen molar-refractivity contribution in [2.24, 2.45) is 0 Å². The Balaban J connectivity index is 0.583. The molecular weight excluding hydrogens is 1510 g/mol. The van der Waals surface area contributed by atoms with E-state index in [-0.39, 0.29) is 0 Å². The lowest BCUT2D eigenvalue weighted by molar-refractivity contribution is 1.09. The normalized spacial score (nSPS) is 12.5. The molecular formula is C114H64N10. The first-order valence-corrected chi connectivity index (χ1v) is 42.5. The van der Waals surface area contributed by atoms with Gasteiger partial charge in [-0.05, 0) is 161 Å². The molecule has 0 saturated carbocycles. The first kappa shape index (κ1) is 66.1. The molecule has 19 aromatic carbocycles. The van der Waals surface area contributed by atoms with Gasteiger partial charge in [-0.3, -0.25) is 4.57 Å². The van der Waals surface area contributed by atoms with Crippen LogP contribution in [-0.2, 0) is 0 Å². The van der Waals surface area contributed by atoms with E-state index in [4.69, 9.17) is 19.9 Å². The molecule has 0 fully saturated rings. The quantitative estimate of drug-likeness (QED) is 0.152. The standard InChI is InChI=1S/C114H64N10/c1-2-26-72(27-3-1)119-95-40-17-8-31-77(95)85-62-71(51-58-100(85)119)107-114(118-94-39-16-15-38-93(94)117-107)124-109-76-30-7-5-24-66(76)48-55-81(109)89-64-90-86-60-69(49-56-102(86)123-99-44-21-12-35-83(99)104(112(90)123)113(89)124)68-25-22-28-74(59-68)120-96-41-18-9-32-78(96)84-61-70(50-57-101(84)120)106-105(115-91-36-13-14-37-92(91)116-106)67-45-52-73(53-46-67)121-108-75-29-6-4-23-65(75)47-54-80(108)88-63-87-79-33-10-19-42-97(79)122-98-43-20-11-34-82(98)103(110(88)121)111(87)122/h1-64H. The van der Waals surface area contributed by atoms with Crippen LogP contribution in [0.4, 0.5) is 0 Å². The fourth-order valence-corrected chi connectivity index (χ4v) is 21.9. The Labute approximate surface area is 705 Å². The van der Waals surface area contributed by atoms with Crippen molar-refractivity contribution >= 4 is 207 Å². The Morgan fingerprint density at radius 1 is 0.161 bits per heavy atom. The summed E-state index contributed by atoms with van der Waals surface area (Å²) in [7, 11) is 0. The molecule has 29 rings (SSSR count). The van der Waals surface area contributed by atoms with Gasteiger partial charge in [0.2, 0.25) is 0 Å². The topological polar surface area (TPSA) is 80.1 Å². The zero-order chi connectivity index (χ0) is 80.4. The molecule has 0 bridgehead atoms. The Hall–Kier alpha value is -16.8. The summed E-state index contributed by atoms with van der Waals surface area (Å²) >= 11 is 0. The highest BCUT2D eigenvalue weighted by molar-refractivity contribution is 6.38. The van der Waals surface area contributed by atoms with E-state index in [2.05, 4.69) is 415 Å². The summed E-state index contributed by atoms with van der Waals surface area (Å²) in [5.74, 6) is 0.777. The molecule has 0 N–H and O–H groups in total. The van der Waals surface area contributed by atoms with Gasteiger partial charge in [-0.15, -0.1) is 0 Å². The minimum atomic E-state index is 0.777. The van der Waals surface area contributed by atoms with Crippen LogP contribution in [0.5, 0.6) is 0 Å². The first-order chi connectivity index (χ1) is 61.5. The maximum Gasteiger partial charge on any atom is 0.165 e. The molecule has 10 nitrogen and oxygen atoms in total. The summed E-state index contributed by atoms with van der Waals surface area (Å²) in [5.41, 5.74) is 30.5. The second-order valence-electron chi connectivity index (χ2n) is 33.5. The van der Waals surface area contributed by atoms with Crippen molar-refractivity contribution < 1.29 is 0 Å². The average Bonchev–Trinajstić information content (AvgIpc) is 1.51. The summed E-state index contributed by atoms with van der Waals surface area (Å²) in [6.45, 7) is 0. The third-order valence-electron chi connectivity index (χ3n) is 27.1. The minimum Gasteiger partial charge on any atom is -0.309 e. The van der Waals surface area contributed by atoms with E-state index in [0.29, 0.717) is 0 Å². The smallest absolute Gasteiger partial charge is 0.165 e. The highest BCUT2D eigenvalue weighted by atomic mass is 15.1.